The smallest absolute Gasteiger partial charge is 0.292 e. The van der Waals surface area contributed by atoms with E-state index in [0.717, 1.165) is 36.8 Å². The van der Waals surface area contributed by atoms with Gasteiger partial charge in [-0.3, -0.25) is 9.59 Å². The van der Waals surface area contributed by atoms with Crippen molar-refractivity contribution in [2.75, 3.05) is 42.6 Å². The van der Waals surface area contributed by atoms with Crippen LogP contribution in [0.4, 0.5) is 11.4 Å². The fourth-order valence-corrected chi connectivity index (χ4v) is 4.17. The number of rotatable bonds is 5. The first kappa shape index (κ1) is 19.3. The molecule has 0 unspecified atom stereocenters. The average molecular weight is 396 g/mol. The highest BCUT2D eigenvalue weighted by molar-refractivity contribution is 6.21. The molecule has 1 atom stereocenters. The van der Waals surface area contributed by atoms with E-state index in [1.807, 2.05) is 25.1 Å². The van der Waals surface area contributed by atoms with Crippen molar-refractivity contribution >= 4 is 23.2 Å². The third-order valence-electron chi connectivity index (χ3n) is 5.65. The molecule has 2 amide bonds. The summed E-state index contributed by atoms with van der Waals surface area (Å²) in [5.41, 5.74) is 1.64. The predicted molar refractivity (Wildman–Crippen MR) is 110 cm³/mol. The van der Waals surface area contributed by atoms with E-state index < -0.39 is 0 Å². The average Bonchev–Trinajstić information content (AvgIpc) is 3.03. The molecule has 0 bridgehead atoms. The van der Waals surface area contributed by atoms with Crippen molar-refractivity contribution in [3.63, 3.8) is 0 Å². The van der Waals surface area contributed by atoms with E-state index >= 15 is 0 Å². The molecule has 2 aliphatic heterocycles. The summed E-state index contributed by atoms with van der Waals surface area (Å²) in [5.74, 6) is 0.629. The van der Waals surface area contributed by atoms with Crippen LogP contribution >= 0.6 is 0 Å². The van der Waals surface area contributed by atoms with Gasteiger partial charge in [0, 0.05) is 11.8 Å². The van der Waals surface area contributed by atoms with E-state index in [4.69, 9.17) is 4.74 Å². The van der Waals surface area contributed by atoms with Gasteiger partial charge < -0.3 is 19.6 Å². The number of anilines is 2. The van der Waals surface area contributed by atoms with Crippen molar-refractivity contribution in [1.82, 2.24) is 0 Å². The van der Waals surface area contributed by atoms with Crippen LogP contribution in [-0.4, -0.2) is 55.7 Å². The summed E-state index contributed by atoms with van der Waals surface area (Å²) in [4.78, 5) is 30.4. The Hall–Kier alpha value is -3.06. The first-order chi connectivity index (χ1) is 14.1. The van der Waals surface area contributed by atoms with Crippen LogP contribution in [0.15, 0.2) is 48.5 Å². The van der Waals surface area contributed by atoms with Gasteiger partial charge in [-0.05, 0) is 43.3 Å². The Labute approximate surface area is 170 Å². The number of carbonyl (C=O) groups excluding carboxylic acids is 2. The topological polar surface area (TPSA) is 74.5 Å². The molecule has 4 rings (SSSR count). The third-order valence-corrected chi connectivity index (χ3v) is 5.65. The molecular weight excluding hydrogens is 370 g/mol. The number of nitrogens with zero attached hydrogens (tertiary/aromatic N) is 2. The lowest BCUT2D eigenvalue weighted by molar-refractivity contribution is -0.915. The Morgan fingerprint density at radius 3 is 2.48 bits per heavy atom. The van der Waals surface area contributed by atoms with E-state index in [9.17, 15) is 14.7 Å². The molecule has 152 valence electrons. The molecule has 7 nitrogen and oxygen atoms in total. The summed E-state index contributed by atoms with van der Waals surface area (Å²) in [6.07, 6.45) is 0.242. The third kappa shape index (κ3) is 3.91. The van der Waals surface area contributed by atoms with Gasteiger partial charge in [0.1, 0.15) is 11.5 Å². The lowest BCUT2D eigenvalue weighted by Gasteiger charge is -2.35. The molecule has 2 N–H and O–H groups in total. The lowest BCUT2D eigenvalue weighted by atomic mass is 10.1. The maximum atomic E-state index is 13.1. The fourth-order valence-electron chi connectivity index (χ4n) is 4.17. The number of hydrogen-bond acceptors (Lipinski definition) is 5. The molecule has 0 aromatic heterocycles. The largest absolute Gasteiger partial charge is 0.508 e. The van der Waals surface area contributed by atoms with Crippen molar-refractivity contribution in [3.05, 3.63) is 48.5 Å². The second kappa shape index (κ2) is 8.13. The van der Waals surface area contributed by atoms with Gasteiger partial charge in [-0.15, -0.1) is 0 Å². The molecule has 2 saturated heterocycles. The van der Waals surface area contributed by atoms with Gasteiger partial charge in [0.05, 0.1) is 44.9 Å². The molecule has 2 aliphatic rings. The van der Waals surface area contributed by atoms with E-state index in [2.05, 4.69) is 4.90 Å². The highest BCUT2D eigenvalue weighted by Crippen LogP contribution is 2.26. The highest BCUT2D eigenvalue weighted by atomic mass is 16.5. The van der Waals surface area contributed by atoms with Gasteiger partial charge in [-0.1, -0.05) is 6.07 Å². The molecule has 2 aromatic carbocycles. The quantitative estimate of drug-likeness (QED) is 0.733. The molecule has 29 heavy (non-hydrogen) atoms. The molecule has 0 saturated carbocycles. The number of nitrogens with one attached hydrogen (secondary N) is 1. The maximum absolute atomic E-state index is 13.1. The Bertz CT molecular complexity index is 891. The normalized spacial score (nSPS) is 20.4. The van der Waals surface area contributed by atoms with Crippen LogP contribution in [0.1, 0.15) is 13.3 Å². The number of imide groups is 1. The minimum Gasteiger partial charge on any atom is -0.508 e. The first-order valence-corrected chi connectivity index (χ1v) is 10.0. The van der Waals surface area contributed by atoms with Crippen LogP contribution < -0.4 is 19.4 Å². The maximum Gasteiger partial charge on any atom is 0.292 e. The van der Waals surface area contributed by atoms with E-state index in [-0.39, 0.29) is 30.0 Å². The van der Waals surface area contributed by atoms with E-state index in [1.165, 1.54) is 4.90 Å². The van der Waals surface area contributed by atoms with Gasteiger partial charge in [0.2, 0.25) is 5.91 Å². The number of aromatic hydroxyl groups is 1. The van der Waals surface area contributed by atoms with Gasteiger partial charge in [0.15, 0.2) is 6.04 Å². The first-order valence-electron chi connectivity index (χ1n) is 10.0. The molecule has 2 heterocycles. The van der Waals surface area contributed by atoms with Crippen LogP contribution in [0.25, 0.3) is 0 Å². The number of piperazine rings is 1. The van der Waals surface area contributed by atoms with E-state index in [1.54, 1.807) is 30.3 Å². The Morgan fingerprint density at radius 1 is 1.07 bits per heavy atom. The number of amides is 2. The number of phenolic OH excluding ortho intramolecular Hbond substituents is 1. The molecule has 2 fully saturated rings. The summed E-state index contributed by atoms with van der Waals surface area (Å²) < 4.78 is 5.51. The Balaban J connectivity index is 1.43. The number of carbonyl (C=O) groups is 2. The summed E-state index contributed by atoms with van der Waals surface area (Å²) in [6, 6.07) is 14.0. The highest BCUT2D eigenvalue weighted by Gasteiger charge is 2.46. The zero-order valence-electron chi connectivity index (χ0n) is 16.5. The minimum absolute atomic E-state index is 0.128. The Morgan fingerprint density at radius 2 is 1.79 bits per heavy atom. The van der Waals surface area contributed by atoms with Gasteiger partial charge >= 0.3 is 0 Å². The van der Waals surface area contributed by atoms with Gasteiger partial charge in [-0.2, -0.15) is 0 Å². The second-order valence-electron chi connectivity index (χ2n) is 7.42. The lowest BCUT2D eigenvalue weighted by Crippen LogP contribution is -3.19. The van der Waals surface area contributed by atoms with Crippen molar-refractivity contribution in [1.29, 1.82) is 0 Å². The molecule has 0 aliphatic carbocycles. The number of benzene rings is 2. The zero-order valence-corrected chi connectivity index (χ0v) is 16.5. The monoisotopic (exact) mass is 396 g/mol. The van der Waals surface area contributed by atoms with Crippen molar-refractivity contribution in [2.45, 2.75) is 19.4 Å². The summed E-state index contributed by atoms with van der Waals surface area (Å²) in [5, 5.41) is 9.46. The fraction of sp³-hybridized carbons (Fsp3) is 0.364. The summed E-state index contributed by atoms with van der Waals surface area (Å²) in [6.45, 7) is 5.62. The molecular formula is C22H26N3O4+. The molecule has 2 aromatic rings. The van der Waals surface area contributed by atoms with Crippen molar-refractivity contribution < 1.29 is 24.3 Å². The molecule has 7 heteroatoms. The number of hydrogen-bond donors (Lipinski definition) is 2. The van der Waals surface area contributed by atoms with Crippen LogP contribution in [-0.2, 0) is 9.59 Å². The van der Waals surface area contributed by atoms with Crippen molar-refractivity contribution in [2.24, 2.45) is 0 Å². The second-order valence-corrected chi connectivity index (χ2v) is 7.42. The van der Waals surface area contributed by atoms with Crippen LogP contribution in [0.5, 0.6) is 11.5 Å². The molecule has 0 spiro atoms. The number of quaternary nitrogens is 1. The number of ether oxygens (including phenoxy) is 1. The summed E-state index contributed by atoms with van der Waals surface area (Å²) >= 11 is 0. The summed E-state index contributed by atoms with van der Waals surface area (Å²) in [7, 11) is 0. The SMILES string of the molecule is CCOc1cccc(N2C(=O)C[C@@H]([NH+]3CCN(c4ccc(O)cc4)CC3)C2=O)c1. The minimum atomic E-state index is -0.333. The Kier molecular flexibility index (Phi) is 5.40. The van der Waals surface area contributed by atoms with E-state index in [0.29, 0.717) is 18.0 Å². The predicted octanol–water partition coefficient (Wildman–Crippen LogP) is 0.828. The van der Waals surface area contributed by atoms with Gasteiger partial charge in [-0.25, -0.2) is 4.90 Å². The van der Waals surface area contributed by atoms with Crippen LogP contribution in [0, 0.1) is 0 Å². The standard InChI is InChI=1S/C22H25N3O4/c1-2-29-19-5-3-4-17(14-19)25-21(27)15-20(22(25)28)24-12-10-23(11-13-24)16-6-8-18(26)9-7-16/h3-9,14,20,26H,2,10-13,15H2,1H3/p+1/t20-/m1/s1. The number of phenols is 1. The molecule has 0 radical (unpaired) electrons. The van der Waals surface area contributed by atoms with Crippen molar-refractivity contribution in [3.8, 4) is 11.5 Å². The van der Waals surface area contributed by atoms with Crippen LogP contribution in [0.2, 0.25) is 0 Å². The zero-order chi connectivity index (χ0) is 20.4. The van der Waals surface area contributed by atoms with Gasteiger partial charge in [0.25, 0.3) is 5.91 Å². The van der Waals surface area contributed by atoms with Crippen LogP contribution in [0.3, 0.4) is 0 Å².